The van der Waals surface area contributed by atoms with E-state index in [0.29, 0.717) is 22.4 Å². The van der Waals surface area contributed by atoms with Gasteiger partial charge in [-0.25, -0.2) is 9.78 Å². The van der Waals surface area contributed by atoms with Crippen molar-refractivity contribution in [3.63, 3.8) is 0 Å². The van der Waals surface area contributed by atoms with E-state index in [1.807, 2.05) is 44.4 Å². The SMILES string of the molecule is Cc1ccc(C(=O)Nc2ccc3c(C(=O)O)cn(C(C)(C)C)c3n2)cc1. The molecule has 6 nitrogen and oxygen atoms in total. The normalized spacial score (nSPS) is 11.5. The molecule has 6 heteroatoms. The fraction of sp³-hybridized carbons (Fsp3) is 0.250. The summed E-state index contributed by atoms with van der Waals surface area (Å²) in [6.07, 6.45) is 1.59. The van der Waals surface area contributed by atoms with Crippen LogP contribution in [0, 0.1) is 6.92 Å². The summed E-state index contributed by atoms with van der Waals surface area (Å²) in [5.41, 5.74) is 1.98. The predicted octanol–water partition coefficient (Wildman–Crippen LogP) is 4.05. The number of nitrogens with zero attached hydrogens (tertiary/aromatic N) is 2. The molecule has 2 N–H and O–H groups in total. The largest absolute Gasteiger partial charge is 0.478 e. The third kappa shape index (κ3) is 3.31. The van der Waals surface area contributed by atoms with E-state index >= 15 is 0 Å². The van der Waals surface area contributed by atoms with E-state index in [1.54, 1.807) is 30.5 Å². The molecule has 0 aliphatic heterocycles. The number of rotatable bonds is 3. The van der Waals surface area contributed by atoms with Gasteiger partial charge in [-0.05, 0) is 52.0 Å². The van der Waals surface area contributed by atoms with Gasteiger partial charge in [0.1, 0.15) is 11.5 Å². The molecule has 0 aliphatic rings. The highest BCUT2D eigenvalue weighted by Crippen LogP contribution is 2.27. The molecule has 26 heavy (non-hydrogen) atoms. The van der Waals surface area contributed by atoms with Crippen LogP contribution in [-0.2, 0) is 5.54 Å². The Morgan fingerprint density at radius 3 is 2.31 bits per heavy atom. The number of carboxylic acid groups (broad SMARTS) is 1. The Morgan fingerprint density at radius 1 is 1.08 bits per heavy atom. The lowest BCUT2D eigenvalue weighted by atomic mass is 10.1. The third-order valence-corrected chi connectivity index (χ3v) is 4.16. The summed E-state index contributed by atoms with van der Waals surface area (Å²) in [6.45, 7) is 7.86. The maximum Gasteiger partial charge on any atom is 0.337 e. The van der Waals surface area contributed by atoms with Gasteiger partial charge in [0.05, 0.1) is 5.56 Å². The van der Waals surface area contributed by atoms with Crippen molar-refractivity contribution in [2.75, 3.05) is 5.32 Å². The van der Waals surface area contributed by atoms with Crippen LogP contribution in [0.1, 0.15) is 47.1 Å². The molecule has 0 radical (unpaired) electrons. The molecule has 0 bridgehead atoms. The summed E-state index contributed by atoms with van der Waals surface area (Å²) in [6, 6.07) is 10.5. The Labute approximate surface area is 151 Å². The molecule has 3 aromatic rings. The standard InChI is InChI=1S/C20H21N3O3/c1-12-5-7-13(8-6-12)18(24)22-16-10-9-14-15(19(25)26)11-23(17(14)21-16)20(2,3)4/h5-11H,1-4H3,(H,25,26)(H,21,22,24). The fourth-order valence-electron chi connectivity index (χ4n) is 2.75. The summed E-state index contributed by atoms with van der Waals surface area (Å²) in [5.74, 6) is -0.885. The summed E-state index contributed by atoms with van der Waals surface area (Å²) in [5, 5.41) is 12.8. The number of nitrogens with one attached hydrogen (secondary N) is 1. The maximum absolute atomic E-state index is 12.4. The Balaban J connectivity index is 2.01. The van der Waals surface area contributed by atoms with E-state index in [2.05, 4.69) is 10.3 Å². The van der Waals surface area contributed by atoms with Crippen molar-refractivity contribution in [1.29, 1.82) is 0 Å². The van der Waals surface area contributed by atoms with Crippen LogP contribution in [0.4, 0.5) is 5.82 Å². The molecular weight excluding hydrogens is 330 g/mol. The summed E-state index contributed by atoms with van der Waals surface area (Å²) >= 11 is 0. The van der Waals surface area contributed by atoms with Crippen molar-refractivity contribution in [2.45, 2.75) is 33.2 Å². The highest BCUT2D eigenvalue weighted by atomic mass is 16.4. The zero-order chi connectivity index (χ0) is 19.1. The number of fused-ring (bicyclic) bond motifs is 1. The molecule has 134 valence electrons. The highest BCUT2D eigenvalue weighted by Gasteiger charge is 2.22. The van der Waals surface area contributed by atoms with Gasteiger partial charge in [0.15, 0.2) is 0 Å². The summed E-state index contributed by atoms with van der Waals surface area (Å²) in [4.78, 5) is 28.4. The van der Waals surface area contributed by atoms with Gasteiger partial charge in [-0.1, -0.05) is 17.7 Å². The second-order valence-electron chi connectivity index (χ2n) is 7.28. The minimum Gasteiger partial charge on any atom is -0.478 e. The highest BCUT2D eigenvalue weighted by molar-refractivity contribution is 6.05. The summed E-state index contributed by atoms with van der Waals surface area (Å²) in [7, 11) is 0. The Morgan fingerprint density at radius 2 is 1.73 bits per heavy atom. The average Bonchev–Trinajstić information content (AvgIpc) is 2.94. The van der Waals surface area contributed by atoms with Crippen molar-refractivity contribution in [3.05, 3.63) is 59.3 Å². The minimum absolute atomic E-state index is 0.193. The summed E-state index contributed by atoms with van der Waals surface area (Å²) < 4.78 is 1.81. The first-order chi connectivity index (χ1) is 12.2. The number of amides is 1. The van der Waals surface area contributed by atoms with Crippen molar-refractivity contribution < 1.29 is 14.7 Å². The van der Waals surface area contributed by atoms with E-state index in [-0.39, 0.29) is 17.0 Å². The molecule has 1 amide bonds. The van der Waals surface area contributed by atoms with E-state index in [4.69, 9.17) is 0 Å². The quantitative estimate of drug-likeness (QED) is 0.745. The lowest BCUT2D eigenvalue weighted by molar-refractivity contribution is 0.0698. The van der Waals surface area contributed by atoms with Crippen molar-refractivity contribution in [2.24, 2.45) is 0 Å². The molecule has 2 aromatic heterocycles. The number of aryl methyl sites for hydroxylation is 1. The molecule has 0 saturated heterocycles. The first-order valence-corrected chi connectivity index (χ1v) is 8.31. The molecular formula is C20H21N3O3. The van der Waals surface area contributed by atoms with Crippen LogP contribution in [-0.4, -0.2) is 26.5 Å². The Kier molecular flexibility index (Phi) is 4.28. The van der Waals surface area contributed by atoms with Gasteiger partial charge in [-0.2, -0.15) is 0 Å². The van der Waals surface area contributed by atoms with E-state index in [0.717, 1.165) is 5.56 Å². The number of carbonyl (C=O) groups excluding carboxylic acids is 1. The van der Waals surface area contributed by atoms with Crippen LogP contribution in [0.2, 0.25) is 0 Å². The van der Waals surface area contributed by atoms with E-state index in [1.165, 1.54) is 0 Å². The van der Waals surface area contributed by atoms with Crippen LogP contribution >= 0.6 is 0 Å². The van der Waals surface area contributed by atoms with Crippen molar-refractivity contribution in [1.82, 2.24) is 9.55 Å². The van der Waals surface area contributed by atoms with Gasteiger partial charge in [-0.3, -0.25) is 4.79 Å². The van der Waals surface area contributed by atoms with Crippen molar-refractivity contribution >= 4 is 28.7 Å². The van der Waals surface area contributed by atoms with Gasteiger partial charge < -0.3 is 15.0 Å². The van der Waals surface area contributed by atoms with Gasteiger partial charge in [-0.15, -0.1) is 0 Å². The number of aromatic carboxylic acids is 1. The maximum atomic E-state index is 12.4. The molecule has 0 unspecified atom stereocenters. The molecule has 3 rings (SSSR count). The average molecular weight is 351 g/mol. The number of hydrogen-bond acceptors (Lipinski definition) is 3. The zero-order valence-electron chi connectivity index (χ0n) is 15.2. The third-order valence-electron chi connectivity index (χ3n) is 4.16. The van der Waals surface area contributed by atoms with Gasteiger partial charge in [0.2, 0.25) is 0 Å². The van der Waals surface area contributed by atoms with Gasteiger partial charge in [0.25, 0.3) is 5.91 Å². The first-order valence-electron chi connectivity index (χ1n) is 8.31. The lowest BCUT2D eigenvalue weighted by Gasteiger charge is -2.22. The van der Waals surface area contributed by atoms with Crippen LogP contribution in [0.5, 0.6) is 0 Å². The predicted molar refractivity (Wildman–Crippen MR) is 101 cm³/mol. The van der Waals surface area contributed by atoms with Crippen LogP contribution < -0.4 is 5.32 Å². The number of aromatic nitrogens is 2. The fourth-order valence-corrected chi connectivity index (χ4v) is 2.75. The molecule has 0 fully saturated rings. The number of hydrogen-bond donors (Lipinski definition) is 2. The Bertz CT molecular complexity index is 996. The first kappa shape index (κ1) is 17.7. The Hall–Kier alpha value is -3.15. The molecule has 0 spiro atoms. The monoisotopic (exact) mass is 351 g/mol. The van der Waals surface area contributed by atoms with Crippen molar-refractivity contribution in [3.8, 4) is 0 Å². The smallest absolute Gasteiger partial charge is 0.337 e. The van der Waals surface area contributed by atoms with Crippen LogP contribution in [0.25, 0.3) is 11.0 Å². The van der Waals surface area contributed by atoms with Gasteiger partial charge in [0, 0.05) is 22.7 Å². The van der Waals surface area contributed by atoms with E-state index in [9.17, 15) is 14.7 Å². The minimum atomic E-state index is -1.00. The van der Waals surface area contributed by atoms with E-state index < -0.39 is 5.97 Å². The topological polar surface area (TPSA) is 84.2 Å². The van der Waals surface area contributed by atoms with Crippen LogP contribution in [0.15, 0.2) is 42.6 Å². The lowest BCUT2D eigenvalue weighted by Crippen LogP contribution is -2.21. The number of benzene rings is 1. The number of pyridine rings is 1. The molecule has 1 aromatic carbocycles. The molecule has 0 atom stereocenters. The second kappa shape index (κ2) is 6.29. The van der Waals surface area contributed by atoms with Gasteiger partial charge >= 0.3 is 5.97 Å². The molecule has 2 heterocycles. The molecule has 0 aliphatic carbocycles. The second-order valence-corrected chi connectivity index (χ2v) is 7.28. The number of anilines is 1. The molecule has 0 saturated carbocycles. The number of carbonyl (C=O) groups is 2. The number of carboxylic acids is 1. The zero-order valence-corrected chi connectivity index (χ0v) is 15.2. The van der Waals surface area contributed by atoms with Crippen LogP contribution in [0.3, 0.4) is 0 Å².